The van der Waals surface area contributed by atoms with Gasteiger partial charge in [0.05, 0.1) is 0 Å². The number of rotatable bonds is 6. The maximum Gasteiger partial charge on any atom is 0.323 e. The fraction of sp³-hybridized carbons (Fsp3) is 0.462. The lowest BCUT2D eigenvalue weighted by atomic mass is 9.96. The van der Waals surface area contributed by atoms with E-state index in [2.05, 4.69) is 5.32 Å². The van der Waals surface area contributed by atoms with E-state index in [1.165, 1.54) is 0 Å². The Hall–Kier alpha value is -1.06. The molecule has 94 valence electrons. The minimum absolute atomic E-state index is 0.503. The summed E-state index contributed by atoms with van der Waals surface area (Å²) in [4.78, 5) is 11.2. The lowest BCUT2D eigenvalue weighted by molar-refractivity contribution is -0.144. The molecule has 1 rings (SSSR count). The lowest BCUT2D eigenvalue weighted by Gasteiger charge is -2.26. The Kier molecular flexibility index (Phi) is 4.97. The molecule has 0 aliphatic heterocycles. The van der Waals surface area contributed by atoms with E-state index >= 15 is 0 Å². The van der Waals surface area contributed by atoms with E-state index in [1.807, 2.05) is 25.1 Å². The van der Waals surface area contributed by atoms with E-state index < -0.39 is 11.5 Å². The van der Waals surface area contributed by atoms with E-state index in [9.17, 15) is 9.90 Å². The minimum atomic E-state index is -0.878. The largest absolute Gasteiger partial charge is 0.480 e. The molecule has 0 radical (unpaired) electrons. The molecule has 1 atom stereocenters. The van der Waals surface area contributed by atoms with Crippen molar-refractivity contribution in [2.75, 3.05) is 0 Å². The molecule has 0 spiro atoms. The second-order valence-corrected chi connectivity index (χ2v) is 4.81. The number of nitrogens with one attached hydrogen (secondary N) is 1. The average Bonchev–Trinajstić information content (AvgIpc) is 2.27. The van der Waals surface area contributed by atoms with Crippen molar-refractivity contribution in [3.63, 3.8) is 0 Å². The molecule has 0 heterocycles. The smallest absolute Gasteiger partial charge is 0.323 e. The van der Waals surface area contributed by atoms with Gasteiger partial charge in [0.1, 0.15) is 5.54 Å². The molecule has 0 saturated carbocycles. The SMILES string of the molecule is CCCC(C)(NCc1cccc(Cl)c1)C(=O)O. The predicted molar refractivity (Wildman–Crippen MR) is 69.2 cm³/mol. The van der Waals surface area contributed by atoms with E-state index in [-0.39, 0.29) is 0 Å². The van der Waals surface area contributed by atoms with Crippen molar-refractivity contribution >= 4 is 17.6 Å². The van der Waals surface area contributed by atoms with Crippen molar-refractivity contribution in [1.29, 1.82) is 0 Å². The maximum atomic E-state index is 11.2. The van der Waals surface area contributed by atoms with Gasteiger partial charge in [-0.05, 0) is 31.0 Å². The maximum absolute atomic E-state index is 11.2. The van der Waals surface area contributed by atoms with Crippen LogP contribution >= 0.6 is 11.6 Å². The third-order valence-electron chi connectivity index (χ3n) is 2.79. The molecule has 0 aliphatic carbocycles. The zero-order valence-corrected chi connectivity index (χ0v) is 10.9. The summed E-state index contributed by atoms with van der Waals surface area (Å²) in [6.07, 6.45) is 1.42. The molecule has 1 aromatic rings. The fourth-order valence-electron chi connectivity index (χ4n) is 1.72. The Labute approximate surface area is 107 Å². The summed E-state index contributed by atoms with van der Waals surface area (Å²) in [5, 5.41) is 13.0. The average molecular weight is 256 g/mol. The van der Waals surface area contributed by atoms with E-state index in [1.54, 1.807) is 13.0 Å². The van der Waals surface area contributed by atoms with E-state index in [0.29, 0.717) is 18.0 Å². The monoisotopic (exact) mass is 255 g/mol. The molecule has 3 nitrogen and oxygen atoms in total. The standard InChI is InChI=1S/C13H18ClNO2/c1-3-7-13(2,12(16)17)15-9-10-5-4-6-11(14)8-10/h4-6,8,15H,3,7,9H2,1-2H3,(H,16,17). The van der Waals surface area contributed by atoms with Crippen molar-refractivity contribution in [3.05, 3.63) is 34.9 Å². The topological polar surface area (TPSA) is 49.3 Å². The number of carbonyl (C=O) groups is 1. The molecular weight excluding hydrogens is 238 g/mol. The van der Waals surface area contributed by atoms with Gasteiger partial charge in [-0.3, -0.25) is 10.1 Å². The van der Waals surface area contributed by atoms with Crippen LogP contribution in [-0.4, -0.2) is 16.6 Å². The van der Waals surface area contributed by atoms with Crippen LogP contribution < -0.4 is 5.32 Å². The summed E-state index contributed by atoms with van der Waals surface area (Å²) < 4.78 is 0. The highest BCUT2D eigenvalue weighted by Gasteiger charge is 2.31. The molecule has 17 heavy (non-hydrogen) atoms. The van der Waals surface area contributed by atoms with Gasteiger partial charge in [-0.1, -0.05) is 37.1 Å². The van der Waals surface area contributed by atoms with Crippen LogP contribution in [-0.2, 0) is 11.3 Å². The van der Waals surface area contributed by atoms with Gasteiger partial charge in [0, 0.05) is 11.6 Å². The van der Waals surface area contributed by atoms with Crippen LogP contribution in [0.4, 0.5) is 0 Å². The van der Waals surface area contributed by atoms with Gasteiger partial charge in [0.25, 0.3) is 0 Å². The lowest BCUT2D eigenvalue weighted by Crippen LogP contribution is -2.48. The molecule has 0 aromatic heterocycles. The summed E-state index contributed by atoms with van der Waals surface area (Å²) in [5.74, 6) is -0.818. The molecule has 1 unspecified atom stereocenters. The highest BCUT2D eigenvalue weighted by Crippen LogP contribution is 2.15. The highest BCUT2D eigenvalue weighted by molar-refractivity contribution is 6.30. The van der Waals surface area contributed by atoms with Gasteiger partial charge in [0.15, 0.2) is 0 Å². The first kappa shape index (κ1) is 14.0. The van der Waals surface area contributed by atoms with Crippen LogP contribution in [0.25, 0.3) is 0 Å². The zero-order chi connectivity index (χ0) is 12.9. The second kappa shape index (κ2) is 6.03. The van der Waals surface area contributed by atoms with Crippen LogP contribution in [0, 0.1) is 0 Å². The first-order valence-electron chi connectivity index (χ1n) is 5.71. The molecule has 0 saturated heterocycles. The summed E-state index contributed by atoms with van der Waals surface area (Å²) in [6, 6.07) is 7.42. The number of benzene rings is 1. The fourth-order valence-corrected chi connectivity index (χ4v) is 1.93. The Balaban J connectivity index is 2.67. The van der Waals surface area contributed by atoms with Gasteiger partial charge in [-0.15, -0.1) is 0 Å². The number of hydrogen-bond acceptors (Lipinski definition) is 2. The van der Waals surface area contributed by atoms with Crippen LogP contribution in [0.2, 0.25) is 5.02 Å². The first-order chi connectivity index (χ1) is 7.98. The van der Waals surface area contributed by atoms with Crippen LogP contribution in [0.5, 0.6) is 0 Å². The van der Waals surface area contributed by atoms with Crippen molar-refractivity contribution in [1.82, 2.24) is 5.32 Å². The number of hydrogen-bond donors (Lipinski definition) is 2. The highest BCUT2D eigenvalue weighted by atomic mass is 35.5. The number of halogens is 1. The molecule has 1 aromatic carbocycles. The molecule has 0 bridgehead atoms. The van der Waals surface area contributed by atoms with Crippen molar-refractivity contribution in [2.24, 2.45) is 0 Å². The summed E-state index contributed by atoms with van der Waals surface area (Å²) >= 11 is 5.87. The van der Waals surface area contributed by atoms with Gasteiger partial charge in [0.2, 0.25) is 0 Å². The third kappa shape index (κ3) is 4.02. The second-order valence-electron chi connectivity index (χ2n) is 4.37. The summed E-state index contributed by atoms with van der Waals surface area (Å²) in [7, 11) is 0. The van der Waals surface area contributed by atoms with Crippen molar-refractivity contribution < 1.29 is 9.90 Å². The Morgan fingerprint density at radius 1 is 1.53 bits per heavy atom. The first-order valence-corrected chi connectivity index (χ1v) is 6.08. The van der Waals surface area contributed by atoms with E-state index in [0.717, 1.165) is 12.0 Å². The number of carboxylic acid groups (broad SMARTS) is 1. The molecule has 0 aliphatic rings. The molecule has 0 fully saturated rings. The Morgan fingerprint density at radius 2 is 2.24 bits per heavy atom. The summed E-state index contributed by atoms with van der Waals surface area (Å²) in [6.45, 7) is 4.19. The Bertz CT molecular complexity index is 395. The van der Waals surface area contributed by atoms with Gasteiger partial charge >= 0.3 is 5.97 Å². The van der Waals surface area contributed by atoms with Crippen LogP contribution in [0.1, 0.15) is 32.3 Å². The van der Waals surface area contributed by atoms with Crippen LogP contribution in [0.3, 0.4) is 0 Å². The zero-order valence-electron chi connectivity index (χ0n) is 10.2. The van der Waals surface area contributed by atoms with E-state index in [4.69, 9.17) is 11.6 Å². The summed E-state index contributed by atoms with van der Waals surface area (Å²) in [5.41, 5.74) is 0.109. The molecule has 4 heteroatoms. The quantitative estimate of drug-likeness (QED) is 0.821. The molecule has 2 N–H and O–H groups in total. The molecule has 0 amide bonds. The van der Waals surface area contributed by atoms with Gasteiger partial charge < -0.3 is 5.11 Å². The predicted octanol–water partition coefficient (Wildman–Crippen LogP) is 3.07. The van der Waals surface area contributed by atoms with Crippen LogP contribution in [0.15, 0.2) is 24.3 Å². The Morgan fingerprint density at radius 3 is 2.76 bits per heavy atom. The van der Waals surface area contributed by atoms with Gasteiger partial charge in [-0.25, -0.2) is 0 Å². The third-order valence-corrected chi connectivity index (χ3v) is 3.03. The number of carboxylic acids is 1. The van der Waals surface area contributed by atoms with Crippen molar-refractivity contribution in [2.45, 2.75) is 38.8 Å². The van der Waals surface area contributed by atoms with Crippen molar-refractivity contribution in [3.8, 4) is 0 Å². The molecular formula is C13H18ClNO2. The van der Waals surface area contributed by atoms with Gasteiger partial charge in [-0.2, -0.15) is 0 Å². The minimum Gasteiger partial charge on any atom is -0.480 e. The normalized spacial score (nSPS) is 14.3. The number of aliphatic carboxylic acids is 1.